The molecule has 3 rings (SSSR count). The van der Waals surface area contributed by atoms with E-state index in [1.807, 2.05) is 30.3 Å². The highest BCUT2D eigenvalue weighted by molar-refractivity contribution is 7.91. The maximum absolute atomic E-state index is 14.2. The number of aliphatic hydroxyl groups excluding tert-OH is 3. The Morgan fingerprint density at radius 1 is 0.753 bits per heavy atom. The molecule has 73 heavy (non-hydrogen) atoms. The minimum absolute atomic E-state index is 0.0344. The Bertz CT molecular complexity index is 2300. The number of aliphatic hydroxyl groups is 3. The first-order chi connectivity index (χ1) is 35.2. The standard InChI is InChI=1S/C51H75N7O14S/c1-37(71-47(63)21-13-8-16-26-60)35-58(36-38(2)72-48(64)22-14-9-17-27-61)24-31-73(65,66)45-33-43(67-4)42(32-44(45)68-5)56-57-49-39(3)41(34-52)50(55-51(49)54-40-18-10-6-11-19-40)53-23-28-69-29-30-70-46(62)20-12-7-15-25-59/h6,10-11,18-19,32-33,37-38,59-61H,7-9,12-17,20-31,35-36H2,1-5H3,(H2,53,54,55). The van der Waals surface area contributed by atoms with Crippen LogP contribution in [0.5, 0.6) is 11.5 Å². The number of para-hydroxylation sites is 1. The fraction of sp³-hybridized carbons (Fsp3) is 0.588. The molecule has 404 valence electrons. The number of methoxy groups -OCH3 is 2. The largest absolute Gasteiger partial charge is 0.495 e. The zero-order chi connectivity index (χ0) is 53.4. The van der Waals surface area contributed by atoms with E-state index >= 15 is 0 Å². The van der Waals surface area contributed by atoms with Crippen molar-refractivity contribution in [1.82, 2.24) is 9.88 Å². The molecule has 3 aromatic rings. The van der Waals surface area contributed by atoms with Crippen molar-refractivity contribution < 1.29 is 66.5 Å². The summed E-state index contributed by atoms with van der Waals surface area (Å²) in [6, 6.07) is 14.0. The summed E-state index contributed by atoms with van der Waals surface area (Å²) in [5, 5.41) is 52.7. The molecule has 0 saturated carbocycles. The van der Waals surface area contributed by atoms with Crippen LogP contribution >= 0.6 is 0 Å². The van der Waals surface area contributed by atoms with E-state index < -0.39 is 39.7 Å². The highest BCUT2D eigenvalue weighted by atomic mass is 32.2. The van der Waals surface area contributed by atoms with Crippen molar-refractivity contribution in [3.63, 3.8) is 0 Å². The molecule has 2 aromatic carbocycles. The second-order valence-electron chi connectivity index (χ2n) is 17.2. The number of hydrogen-bond donors (Lipinski definition) is 5. The molecule has 22 heteroatoms. The Hall–Kier alpha value is -5.96. The number of sulfone groups is 1. The number of hydrogen-bond acceptors (Lipinski definition) is 21. The van der Waals surface area contributed by atoms with Crippen molar-refractivity contribution in [2.75, 3.05) is 96.4 Å². The summed E-state index contributed by atoms with van der Waals surface area (Å²) >= 11 is 0. The van der Waals surface area contributed by atoms with Gasteiger partial charge in [0.25, 0.3) is 0 Å². The van der Waals surface area contributed by atoms with Crippen molar-refractivity contribution in [2.45, 2.75) is 115 Å². The monoisotopic (exact) mass is 1040 g/mol. The lowest BCUT2D eigenvalue weighted by molar-refractivity contribution is -0.150. The zero-order valence-electron chi connectivity index (χ0n) is 42.9. The lowest BCUT2D eigenvalue weighted by Gasteiger charge is -2.28. The number of nitrogens with one attached hydrogen (secondary N) is 2. The van der Waals surface area contributed by atoms with E-state index in [1.165, 1.54) is 26.4 Å². The van der Waals surface area contributed by atoms with Gasteiger partial charge in [-0.15, -0.1) is 10.2 Å². The number of nitriles is 1. The number of esters is 3. The maximum atomic E-state index is 14.2. The molecule has 0 bridgehead atoms. The van der Waals surface area contributed by atoms with Gasteiger partial charge < -0.3 is 54.4 Å². The fourth-order valence-electron chi connectivity index (χ4n) is 7.39. The molecular weight excluding hydrogens is 967 g/mol. The van der Waals surface area contributed by atoms with Crippen LogP contribution < -0.4 is 20.1 Å². The number of azo groups is 1. The van der Waals surface area contributed by atoms with Gasteiger partial charge in [-0.25, -0.2) is 13.4 Å². The number of carbonyl (C=O) groups excluding carboxylic acids is 3. The van der Waals surface area contributed by atoms with Crippen molar-refractivity contribution in [3.8, 4) is 17.6 Å². The average Bonchev–Trinajstić information content (AvgIpc) is 3.36. The van der Waals surface area contributed by atoms with E-state index in [0.29, 0.717) is 62.6 Å². The van der Waals surface area contributed by atoms with Gasteiger partial charge >= 0.3 is 17.9 Å². The minimum atomic E-state index is -4.13. The van der Waals surface area contributed by atoms with Crippen LogP contribution in [0, 0.1) is 18.3 Å². The third kappa shape index (κ3) is 22.8. The smallest absolute Gasteiger partial charge is 0.306 e. The van der Waals surface area contributed by atoms with E-state index in [9.17, 15) is 28.1 Å². The summed E-state index contributed by atoms with van der Waals surface area (Å²) in [7, 11) is -1.45. The van der Waals surface area contributed by atoms with Gasteiger partial charge in [0.2, 0.25) is 0 Å². The van der Waals surface area contributed by atoms with Gasteiger partial charge in [0.05, 0.1) is 38.7 Å². The number of carbonyl (C=O) groups is 3. The number of nitrogens with zero attached hydrogens (tertiary/aromatic N) is 5. The van der Waals surface area contributed by atoms with Gasteiger partial charge in [0.1, 0.15) is 58.5 Å². The predicted octanol–water partition coefficient (Wildman–Crippen LogP) is 7.01. The van der Waals surface area contributed by atoms with Gasteiger partial charge in [0, 0.05) is 88.6 Å². The van der Waals surface area contributed by atoms with Crippen LogP contribution in [0.4, 0.5) is 28.7 Å². The molecule has 2 atom stereocenters. The highest BCUT2D eigenvalue weighted by Crippen LogP contribution is 2.41. The lowest BCUT2D eigenvalue weighted by Crippen LogP contribution is -2.41. The molecule has 0 amide bonds. The number of benzene rings is 2. The topological polar surface area (TPSA) is 290 Å². The zero-order valence-corrected chi connectivity index (χ0v) is 43.8. The molecule has 1 heterocycles. The molecule has 0 spiro atoms. The molecule has 0 radical (unpaired) electrons. The molecule has 0 aliphatic heterocycles. The number of unbranched alkanes of at least 4 members (excludes halogenated alkanes) is 6. The van der Waals surface area contributed by atoms with Gasteiger partial charge in [-0.2, -0.15) is 5.26 Å². The molecule has 5 N–H and O–H groups in total. The molecule has 0 aliphatic rings. The summed E-state index contributed by atoms with van der Waals surface area (Å²) in [5.41, 5.74) is 1.59. The van der Waals surface area contributed by atoms with Gasteiger partial charge in [0.15, 0.2) is 15.7 Å². The fourth-order valence-corrected chi connectivity index (χ4v) is 8.85. The summed E-state index contributed by atoms with van der Waals surface area (Å²) in [6.07, 6.45) is 4.96. The SMILES string of the molecule is COc1cc(S(=O)(=O)CCN(CC(C)OC(=O)CCCCCO)CC(C)OC(=O)CCCCCO)c(OC)cc1N=Nc1c(Nc2ccccc2)nc(NCCOCCOC(=O)CCCCCO)c(C#N)c1C. The number of rotatable bonds is 38. The van der Waals surface area contributed by atoms with Crippen molar-refractivity contribution >= 4 is 56.4 Å². The molecule has 2 unspecified atom stereocenters. The van der Waals surface area contributed by atoms with Gasteiger partial charge in [-0.05, 0) is 71.4 Å². The average molecular weight is 1040 g/mol. The molecule has 21 nitrogen and oxygen atoms in total. The predicted molar refractivity (Wildman–Crippen MR) is 274 cm³/mol. The second kappa shape index (κ2) is 34.5. The quantitative estimate of drug-likeness (QED) is 0.0167. The Labute approximate surface area is 429 Å². The summed E-state index contributed by atoms with van der Waals surface area (Å²) in [6.45, 7) is 6.21. The van der Waals surface area contributed by atoms with Crippen molar-refractivity contribution in [2.24, 2.45) is 10.2 Å². The van der Waals surface area contributed by atoms with Crippen LogP contribution in [0.3, 0.4) is 0 Å². The Morgan fingerprint density at radius 3 is 1.88 bits per heavy atom. The van der Waals surface area contributed by atoms with Crippen LogP contribution in [0.15, 0.2) is 57.6 Å². The van der Waals surface area contributed by atoms with Crippen LogP contribution in [-0.4, -0.2) is 150 Å². The summed E-state index contributed by atoms with van der Waals surface area (Å²) in [5.74, 6) is -1.07. The first-order valence-corrected chi connectivity index (χ1v) is 26.4. The van der Waals surface area contributed by atoms with Crippen molar-refractivity contribution in [3.05, 3.63) is 53.6 Å². The van der Waals surface area contributed by atoms with Gasteiger partial charge in [-0.3, -0.25) is 19.3 Å². The van der Waals surface area contributed by atoms with Crippen molar-refractivity contribution in [1.29, 1.82) is 5.26 Å². The first-order valence-electron chi connectivity index (χ1n) is 24.8. The second-order valence-corrected chi connectivity index (χ2v) is 19.3. The summed E-state index contributed by atoms with van der Waals surface area (Å²) < 4.78 is 61.8. The number of aromatic nitrogens is 1. The molecular formula is C51H75N7O14S. The van der Waals surface area contributed by atoms with Crippen LogP contribution in [0.1, 0.15) is 102 Å². The van der Waals surface area contributed by atoms with E-state index in [4.69, 9.17) is 48.7 Å². The van der Waals surface area contributed by atoms with E-state index in [0.717, 1.165) is 6.42 Å². The van der Waals surface area contributed by atoms with E-state index in [-0.39, 0.29) is 136 Å². The van der Waals surface area contributed by atoms with Crippen LogP contribution in [0.2, 0.25) is 0 Å². The Morgan fingerprint density at radius 2 is 1.33 bits per heavy atom. The summed E-state index contributed by atoms with van der Waals surface area (Å²) in [4.78, 5) is 43.4. The Kier molecular flexibility index (Phi) is 29.0. The normalized spacial score (nSPS) is 12.3. The van der Waals surface area contributed by atoms with Crippen LogP contribution in [-0.2, 0) is 43.2 Å². The lowest BCUT2D eigenvalue weighted by atomic mass is 10.1. The first kappa shape index (κ1) is 61.3. The highest BCUT2D eigenvalue weighted by Gasteiger charge is 2.27. The number of pyridine rings is 1. The maximum Gasteiger partial charge on any atom is 0.306 e. The molecule has 0 saturated heterocycles. The van der Waals surface area contributed by atoms with E-state index in [2.05, 4.69) is 26.9 Å². The molecule has 0 fully saturated rings. The number of ether oxygens (including phenoxy) is 6. The third-order valence-electron chi connectivity index (χ3n) is 11.1. The van der Waals surface area contributed by atoms with Crippen LogP contribution in [0.25, 0.3) is 0 Å². The molecule has 1 aromatic heterocycles. The Balaban J connectivity index is 1.86. The third-order valence-corrected chi connectivity index (χ3v) is 12.8. The molecule has 0 aliphatic carbocycles. The minimum Gasteiger partial charge on any atom is -0.495 e. The van der Waals surface area contributed by atoms with Gasteiger partial charge in [-0.1, -0.05) is 37.5 Å². The van der Waals surface area contributed by atoms with E-state index in [1.54, 1.807) is 25.7 Å². The number of anilines is 3.